The molecule has 0 spiro atoms. The molecular formula is C32H29N5O8S2. The number of piperazine rings is 1. The van der Waals surface area contributed by atoms with Gasteiger partial charge in [0.1, 0.15) is 17.6 Å². The molecule has 0 unspecified atom stereocenters. The summed E-state index contributed by atoms with van der Waals surface area (Å²) < 4.78 is 44.7. The Kier molecular flexibility index (Phi) is 9.02. The van der Waals surface area contributed by atoms with Crippen LogP contribution in [-0.4, -0.2) is 80.7 Å². The molecule has 6 rings (SSSR count). The molecule has 0 N–H and O–H groups in total. The Morgan fingerprint density at radius 1 is 1.06 bits per heavy atom. The third-order valence-corrected chi connectivity index (χ3v) is 10.4. The number of hydrogen-bond acceptors (Lipinski definition) is 11. The van der Waals surface area contributed by atoms with Gasteiger partial charge in [-0.2, -0.15) is 14.4 Å². The number of hydrogen-bond donors (Lipinski definition) is 0. The summed E-state index contributed by atoms with van der Waals surface area (Å²) >= 11 is 1.19. The number of hydrazone groups is 1. The third-order valence-electron chi connectivity index (χ3n) is 7.48. The van der Waals surface area contributed by atoms with E-state index in [1.807, 2.05) is 0 Å². The van der Waals surface area contributed by atoms with Crippen LogP contribution in [0.5, 0.6) is 5.75 Å². The van der Waals surface area contributed by atoms with Crippen molar-refractivity contribution < 1.29 is 31.9 Å². The van der Waals surface area contributed by atoms with E-state index in [2.05, 4.69) is 10.1 Å². The van der Waals surface area contributed by atoms with Crippen molar-refractivity contribution in [1.82, 2.24) is 14.2 Å². The minimum atomic E-state index is -3.90. The lowest BCUT2D eigenvalue weighted by molar-refractivity contribution is 0.0933. The molecule has 0 bridgehead atoms. The van der Waals surface area contributed by atoms with Gasteiger partial charge in [0.25, 0.3) is 5.91 Å². The van der Waals surface area contributed by atoms with E-state index in [-0.39, 0.29) is 59.4 Å². The highest BCUT2D eigenvalue weighted by molar-refractivity contribution is 7.89. The Morgan fingerprint density at radius 2 is 1.81 bits per heavy atom. The molecule has 1 fully saturated rings. The summed E-state index contributed by atoms with van der Waals surface area (Å²) in [5.74, 6) is 0.00593. The fourth-order valence-corrected chi connectivity index (χ4v) is 7.34. The lowest BCUT2D eigenvalue weighted by Crippen LogP contribution is -2.50. The number of methoxy groups -OCH3 is 1. The number of carbonyl (C=O) groups excluding carboxylic acids is 2. The molecule has 0 radical (unpaired) electrons. The van der Waals surface area contributed by atoms with Crippen LogP contribution in [0.3, 0.4) is 0 Å². The molecule has 0 atom stereocenters. The van der Waals surface area contributed by atoms with Crippen LogP contribution in [0.1, 0.15) is 22.8 Å². The number of benzene rings is 3. The van der Waals surface area contributed by atoms with Gasteiger partial charge < -0.3 is 18.8 Å². The molecule has 2 amide bonds. The summed E-state index contributed by atoms with van der Waals surface area (Å²) in [6.07, 6.45) is 2.03. The van der Waals surface area contributed by atoms with Crippen molar-refractivity contribution in [2.75, 3.05) is 44.9 Å². The number of rotatable bonds is 8. The maximum Gasteiger partial charge on any atom is 0.409 e. The number of aromatic nitrogens is 1. The fraction of sp³-hybridized carbons (Fsp3) is 0.219. The van der Waals surface area contributed by atoms with Crippen LogP contribution in [0.2, 0.25) is 0 Å². The quantitative estimate of drug-likeness (QED) is 0.170. The van der Waals surface area contributed by atoms with E-state index in [9.17, 15) is 22.8 Å². The van der Waals surface area contributed by atoms with Gasteiger partial charge in [0.05, 0.1) is 46.0 Å². The maximum atomic E-state index is 13.9. The summed E-state index contributed by atoms with van der Waals surface area (Å²) in [6, 6.07) is 17.6. The zero-order valence-corrected chi connectivity index (χ0v) is 27.0. The zero-order valence-electron chi connectivity index (χ0n) is 25.4. The first-order valence-electron chi connectivity index (χ1n) is 14.5. The van der Waals surface area contributed by atoms with Gasteiger partial charge in [0, 0.05) is 31.7 Å². The smallest absolute Gasteiger partial charge is 0.409 e. The summed E-state index contributed by atoms with van der Waals surface area (Å²) in [6.45, 7) is 2.55. The number of para-hydroxylation sites is 1. The van der Waals surface area contributed by atoms with E-state index in [0.717, 1.165) is 9.71 Å². The number of fused-ring (bicyclic) bond motifs is 2. The normalized spacial score (nSPS) is 14.1. The zero-order chi connectivity index (χ0) is 33.1. The lowest BCUT2D eigenvalue weighted by Gasteiger charge is -2.33. The minimum absolute atomic E-state index is 0.00506. The van der Waals surface area contributed by atoms with Gasteiger partial charge in [-0.15, -0.1) is 0 Å². The molecule has 3 heterocycles. The maximum absolute atomic E-state index is 13.9. The number of amides is 2. The fourth-order valence-electron chi connectivity index (χ4n) is 4.97. The second-order valence-electron chi connectivity index (χ2n) is 10.3. The number of ether oxygens (including phenoxy) is 2. The van der Waals surface area contributed by atoms with E-state index in [0.29, 0.717) is 22.2 Å². The van der Waals surface area contributed by atoms with Gasteiger partial charge in [-0.3, -0.25) is 9.59 Å². The lowest BCUT2D eigenvalue weighted by atomic mass is 10.2. The van der Waals surface area contributed by atoms with Gasteiger partial charge in [-0.25, -0.2) is 18.2 Å². The van der Waals surface area contributed by atoms with Crippen molar-refractivity contribution in [2.45, 2.75) is 11.8 Å². The number of thiazole rings is 1. The SMILES string of the molecule is CCOC(=O)N1CCN(S(=O)(=O)c2ccc(C(=O)N(/N=C/c3coc4ccccc4c3=O)c3nc4ccc(OC)cc4s3)cc2)CC1. The molecule has 1 aliphatic heterocycles. The van der Waals surface area contributed by atoms with Gasteiger partial charge >= 0.3 is 6.09 Å². The molecule has 3 aromatic carbocycles. The summed E-state index contributed by atoms with van der Waals surface area (Å²) in [7, 11) is -2.35. The molecule has 0 aliphatic carbocycles. The summed E-state index contributed by atoms with van der Waals surface area (Å²) in [4.78, 5) is 45.1. The molecule has 47 heavy (non-hydrogen) atoms. The predicted molar refractivity (Wildman–Crippen MR) is 177 cm³/mol. The van der Waals surface area contributed by atoms with E-state index >= 15 is 0 Å². The monoisotopic (exact) mass is 675 g/mol. The Hall–Kier alpha value is -5.12. The minimum Gasteiger partial charge on any atom is -0.497 e. The van der Waals surface area contributed by atoms with E-state index in [1.54, 1.807) is 56.5 Å². The first-order valence-corrected chi connectivity index (χ1v) is 16.8. The van der Waals surface area contributed by atoms with Crippen molar-refractivity contribution in [3.05, 3.63) is 94.3 Å². The van der Waals surface area contributed by atoms with Crippen molar-refractivity contribution in [3.8, 4) is 5.75 Å². The number of anilines is 1. The molecule has 242 valence electrons. The van der Waals surface area contributed by atoms with Crippen molar-refractivity contribution in [1.29, 1.82) is 0 Å². The van der Waals surface area contributed by atoms with Crippen LogP contribution in [0.25, 0.3) is 21.2 Å². The first kappa shape index (κ1) is 31.8. The Bertz CT molecular complexity index is 2150. The topological polar surface area (TPSA) is 152 Å². The van der Waals surface area contributed by atoms with Crippen LogP contribution in [-0.2, 0) is 14.8 Å². The molecular weight excluding hydrogens is 647 g/mol. The largest absolute Gasteiger partial charge is 0.497 e. The van der Waals surface area contributed by atoms with Crippen LogP contribution in [0, 0.1) is 0 Å². The Labute approximate surface area is 273 Å². The predicted octanol–water partition coefficient (Wildman–Crippen LogP) is 4.56. The molecule has 1 aliphatic rings. The highest BCUT2D eigenvalue weighted by Crippen LogP contribution is 2.32. The summed E-state index contributed by atoms with van der Waals surface area (Å²) in [5, 5.41) is 6.01. The van der Waals surface area contributed by atoms with Gasteiger partial charge in [-0.05, 0) is 61.5 Å². The van der Waals surface area contributed by atoms with E-state index in [4.69, 9.17) is 13.9 Å². The average Bonchev–Trinajstić information content (AvgIpc) is 3.52. The second-order valence-corrected chi connectivity index (χ2v) is 13.3. The first-order chi connectivity index (χ1) is 22.7. The molecule has 0 saturated carbocycles. The van der Waals surface area contributed by atoms with E-state index in [1.165, 1.54) is 57.3 Å². The molecule has 2 aromatic heterocycles. The van der Waals surface area contributed by atoms with Gasteiger partial charge in [0.2, 0.25) is 20.6 Å². The second kappa shape index (κ2) is 13.3. The third kappa shape index (κ3) is 6.45. The highest BCUT2D eigenvalue weighted by atomic mass is 32.2. The van der Waals surface area contributed by atoms with Crippen molar-refractivity contribution in [2.24, 2.45) is 5.10 Å². The van der Waals surface area contributed by atoms with Gasteiger partial charge in [-0.1, -0.05) is 23.5 Å². The number of sulfonamides is 1. The van der Waals surface area contributed by atoms with Crippen LogP contribution in [0.15, 0.2) is 92.2 Å². The molecule has 15 heteroatoms. The van der Waals surface area contributed by atoms with Crippen molar-refractivity contribution in [3.63, 3.8) is 0 Å². The van der Waals surface area contributed by atoms with Crippen LogP contribution in [0.4, 0.5) is 9.93 Å². The van der Waals surface area contributed by atoms with Crippen LogP contribution >= 0.6 is 11.3 Å². The molecule has 5 aromatic rings. The summed E-state index contributed by atoms with van der Waals surface area (Å²) in [5.41, 5.74) is 0.950. The Balaban J connectivity index is 1.29. The average molecular weight is 676 g/mol. The number of carbonyl (C=O) groups is 2. The van der Waals surface area contributed by atoms with E-state index < -0.39 is 22.0 Å². The number of nitrogens with zero attached hydrogens (tertiary/aromatic N) is 5. The van der Waals surface area contributed by atoms with Crippen molar-refractivity contribution >= 4 is 65.9 Å². The highest BCUT2D eigenvalue weighted by Gasteiger charge is 2.31. The van der Waals surface area contributed by atoms with Gasteiger partial charge in [0.15, 0.2) is 0 Å². The molecule has 1 saturated heterocycles. The molecule has 13 nitrogen and oxygen atoms in total. The van der Waals surface area contributed by atoms with Crippen LogP contribution < -0.4 is 15.2 Å². The Morgan fingerprint density at radius 3 is 2.53 bits per heavy atom. The standard InChI is InChI=1S/C32H29N5O8S2/c1-3-44-32(40)35-14-16-36(17-15-35)47(41,42)24-11-8-21(9-12-24)30(39)37(31-34-26-13-10-23(43-2)18-28(26)46-31)33-19-22-20-45-27-7-5-4-6-25(27)29(22)38/h4-13,18-20H,3,14-17H2,1-2H3/b33-19+.